The van der Waals surface area contributed by atoms with Crippen molar-refractivity contribution in [3.63, 3.8) is 0 Å². The van der Waals surface area contributed by atoms with Gasteiger partial charge in [-0.05, 0) is 37.5 Å². The number of carbonyl (C=O) groups excluding carboxylic acids is 3. The van der Waals surface area contributed by atoms with Crippen LogP contribution in [0.15, 0.2) is 41.5 Å². The summed E-state index contributed by atoms with van der Waals surface area (Å²) in [7, 11) is 0. The molecule has 5 rings (SSSR count). The topological polar surface area (TPSA) is 169 Å². The van der Waals surface area contributed by atoms with E-state index in [1.165, 1.54) is 20.8 Å². The third kappa shape index (κ3) is 4.83. The lowest BCUT2D eigenvalue weighted by Crippen LogP contribution is -2.81. The summed E-state index contributed by atoms with van der Waals surface area (Å²) in [4.78, 5) is 40.7. The summed E-state index contributed by atoms with van der Waals surface area (Å²) in [5, 5.41) is 46.1. The number of aliphatic hydroxyl groups excluding tert-OH is 3. The van der Waals surface area contributed by atoms with Gasteiger partial charge in [0.25, 0.3) is 0 Å². The van der Waals surface area contributed by atoms with E-state index < -0.39 is 88.7 Å². The van der Waals surface area contributed by atoms with Crippen molar-refractivity contribution in [3.8, 4) is 0 Å². The Kier molecular flexibility index (Phi) is 8.40. The van der Waals surface area contributed by atoms with Gasteiger partial charge in [0.15, 0.2) is 17.5 Å². The maximum absolute atomic E-state index is 15.0. The van der Waals surface area contributed by atoms with Gasteiger partial charge in [-0.1, -0.05) is 44.2 Å². The maximum Gasteiger partial charge on any atom is 0.309 e. The minimum Gasteiger partial charge on any atom is -0.454 e. The van der Waals surface area contributed by atoms with E-state index in [1.54, 1.807) is 20.8 Å². The van der Waals surface area contributed by atoms with Crippen LogP contribution in [0.3, 0.4) is 0 Å². The highest BCUT2D eigenvalue weighted by Crippen LogP contribution is 2.64. The second-order valence-electron chi connectivity index (χ2n) is 13.7. The fourth-order valence-electron chi connectivity index (χ4n) is 8.23. The minimum absolute atomic E-state index is 0.00334. The van der Waals surface area contributed by atoms with Crippen molar-refractivity contribution in [3.05, 3.63) is 47.0 Å². The second kappa shape index (κ2) is 11.3. The first-order valence-electron chi connectivity index (χ1n) is 15.2. The number of aliphatic hydroxyl groups is 4. The van der Waals surface area contributed by atoms with Gasteiger partial charge < -0.3 is 39.4 Å². The Hall–Kier alpha value is -2.67. The number of benzene rings is 1. The van der Waals surface area contributed by atoms with E-state index in [9.17, 15) is 30.0 Å². The standard InChI is InChI=1S/C33H44O11/c1-17(34)12-24(38)43-26-25-18(2)21(36)14-33(40,30(25,4)5)29(41-15-20-10-8-7-9-11-20)27-31(6,28(26)39)22(37)13-23-32(27,16-42-23)44-19(3)35/h7-11,17,21-23,26-27,29,34,36-37,40H,12-16H2,1-6H3/t17?,21-,22-,23+,26+,27-,29-,31+,32-,33+/m0/s1. The summed E-state index contributed by atoms with van der Waals surface area (Å²) in [6.45, 7) is 9.10. The zero-order valence-corrected chi connectivity index (χ0v) is 26.1. The summed E-state index contributed by atoms with van der Waals surface area (Å²) >= 11 is 0. The highest BCUT2D eigenvalue weighted by atomic mass is 16.6. The summed E-state index contributed by atoms with van der Waals surface area (Å²) < 4.78 is 24.3. The molecule has 2 bridgehead atoms. The Balaban J connectivity index is 1.78. The molecule has 242 valence electrons. The molecule has 3 fully saturated rings. The molecule has 0 radical (unpaired) electrons. The predicted molar refractivity (Wildman–Crippen MR) is 155 cm³/mol. The Labute approximate surface area is 257 Å². The normalized spacial score (nSPS) is 40.0. The molecule has 1 saturated heterocycles. The van der Waals surface area contributed by atoms with Crippen LogP contribution in [-0.2, 0) is 39.9 Å². The summed E-state index contributed by atoms with van der Waals surface area (Å²) in [6, 6.07) is 9.22. The van der Waals surface area contributed by atoms with E-state index in [0.717, 1.165) is 5.56 Å². The van der Waals surface area contributed by atoms with Crippen LogP contribution in [0.5, 0.6) is 0 Å². The number of hydrogen-bond donors (Lipinski definition) is 4. The van der Waals surface area contributed by atoms with E-state index in [-0.39, 0.29) is 31.6 Å². The Bertz CT molecular complexity index is 1340. The monoisotopic (exact) mass is 616 g/mol. The zero-order chi connectivity index (χ0) is 32.4. The first-order chi connectivity index (χ1) is 20.5. The van der Waals surface area contributed by atoms with Crippen LogP contribution in [-0.4, -0.2) is 92.6 Å². The molecule has 1 aromatic carbocycles. The molecule has 2 saturated carbocycles. The van der Waals surface area contributed by atoms with Crippen LogP contribution in [0, 0.1) is 16.7 Å². The lowest BCUT2D eigenvalue weighted by Gasteiger charge is -2.67. The molecular weight excluding hydrogens is 572 g/mol. The third-order valence-corrected chi connectivity index (χ3v) is 10.7. The number of fused-ring (bicyclic) bond motifs is 5. The van der Waals surface area contributed by atoms with Gasteiger partial charge in [-0.25, -0.2) is 0 Å². The first-order valence-corrected chi connectivity index (χ1v) is 15.2. The van der Waals surface area contributed by atoms with Crippen LogP contribution in [0.2, 0.25) is 0 Å². The van der Waals surface area contributed by atoms with E-state index in [4.69, 9.17) is 18.9 Å². The highest BCUT2D eigenvalue weighted by Gasteiger charge is 2.77. The van der Waals surface area contributed by atoms with E-state index >= 15 is 4.79 Å². The first kappa shape index (κ1) is 32.7. The van der Waals surface area contributed by atoms with Crippen molar-refractivity contribution in [2.45, 2.75) is 115 Å². The molecule has 0 aromatic heterocycles. The van der Waals surface area contributed by atoms with Crippen molar-refractivity contribution in [2.75, 3.05) is 6.61 Å². The largest absolute Gasteiger partial charge is 0.454 e. The molecule has 1 heterocycles. The fourth-order valence-corrected chi connectivity index (χ4v) is 8.23. The average Bonchev–Trinajstić information content (AvgIpc) is 2.93. The molecule has 0 amide bonds. The van der Waals surface area contributed by atoms with Crippen molar-refractivity contribution in [2.24, 2.45) is 16.7 Å². The van der Waals surface area contributed by atoms with Crippen LogP contribution in [0.25, 0.3) is 0 Å². The minimum atomic E-state index is -1.93. The van der Waals surface area contributed by atoms with Gasteiger partial charge in [0.05, 0.1) is 49.5 Å². The molecule has 1 unspecified atom stereocenters. The smallest absolute Gasteiger partial charge is 0.309 e. The number of ether oxygens (including phenoxy) is 4. The van der Waals surface area contributed by atoms with Crippen molar-refractivity contribution in [1.29, 1.82) is 0 Å². The van der Waals surface area contributed by atoms with Gasteiger partial charge in [0.2, 0.25) is 0 Å². The van der Waals surface area contributed by atoms with Gasteiger partial charge in [-0.2, -0.15) is 0 Å². The lowest BCUT2D eigenvalue weighted by atomic mass is 9.44. The van der Waals surface area contributed by atoms with Gasteiger partial charge >= 0.3 is 11.9 Å². The van der Waals surface area contributed by atoms with Crippen molar-refractivity contribution < 1.29 is 53.8 Å². The lowest BCUT2D eigenvalue weighted by molar-refractivity contribution is -0.351. The van der Waals surface area contributed by atoms with Crippen molar-refractivity contribution in [1.82, 2.24) is 0 Å². The van der Waals surface area contributed by atoms with Crippen LogP contribution < -0.4 is 0 Å². The molecule has 11 nitrogen and oxygen atoms in total. The molecule has 4 N–H and O–H groups in total. The van der Waals surface area contributed by atoms with Gasteiger partial charge in [0, 0.05) is 31.1 Å². The van der Waals surface area contributed by atoms with Crippen LogP contribution in [0.1, 0.15) is 66.4 Å². The van der Waals surface area contributed by atoms with Crippen LogP contribution in [0.4, 0.5) is 0 Å². The van der Waals surface area contributed by atoms with Crippen molar-refractivity contribution >= 4 is 17.7 Å². The van der Waals surface area contributed by atoms with E-state index in [1.807, 2.05) is 30.3 Å². The van der Waals surface area contributed by atoms with Gasteiger partial charge in [-0.3, -0.25) is 14.4 Å². The SMILES string of the molecule is CC(=O)O[C@@]12CO[C@@H]1C[C@H](O)[C@@]1(C)C(=O)[C@H](OC(=O)CC(C)O)C3=C(C)[C@@H](O)C[C@@](O)([C@@H](OCc4ccccc4)[C@H]21)C3(C)C. The number of Topliss-reactive ketones (excluding diaryl/α,β-unsaturated/α-hetero) is 1. The van der Waals surface area contributed by atoms with Gasteiger partial charge in [0.1, 0.15) is 11.7 Å². The number of rotatable bonds is 7. The van der Waals surface area contributed by atoms with E-state index in [0.29, 0.717) is 5.57 Å². The zero-order valence-electron chi connectivity index (χ0n) is 26.1. The quantitative estimate of drug-likeness (QED) is 0.260. The Morgan fingerprint density at radius 1 is 1.14 bits per heavy atom. The molecular formula is C33H44O11. The molecule has 44 heavy (non-hydrogen) atoms. The van der Waals surface area contributed by atoms with E-state index in [2.05, 4.69) is 0 Å². The highest BCUT2D eigenvalue weighted by molar-refractivity contribution is 5.95. The molecule has 0 spiro atoms. The maximum atomic E-state index is 15.0. The molecule has 3 aliphatic carbocycles. The second-order valence-corrected chi connectivity index (χ2v) is 13.7. The molecule has 11 heteroatoms. The van der Waals surface area contributed by atoms with Gasteiger partial charge in [-0.15, -0.1) is 0 Å². The number of carbonyl (C=O) groups is 3. The molecule has 10 atom stereocenters. The fraction of sp³-hybridized carbons (Fsp3) is 0.667. The summed E-state index contributed by atoms with van der Waals surface area (Å²) in [6.07, 6.45) is -8.04. The average molecular weight is 617 g/mol. The predicted octanol–water partition coefficient (Wildman–Crippen LogP) is 1.76. The Morgan fingerprint density at radius 2 is 1.80 bits per heavy atom. The summed E-state index contributed by atoms with van der Waals surface area (Å²) in [5.74, 6) is -3.37. The summed E-state index contributed by atoms with van der Waals surface area (Å²) in [5.41, 5.74) is -5.20. The molecule has 1 aromatic rings. The number of ketones is 1. The molecule has 4 aliphatic rings. The number of esters is 2. The molecule has 1 aliphatic heterocycles. The third-order valence-electron chi connectivity index (χ3n) is 10.7. The number of hydrogen-bond acceptors (Lipinski definition) is 11. The Morgan fingerprint density at radius 3 is 2.36 bits per heavy atom. The van der Waals surface area contributed by atoms with Crippen LogP contribution >= 0.6 is 0 Å².